The first-order valence-electron chi connectivity index (χ1n) is 6.06. The number of hydrogen-bond donors (Lipinski definition) is 0. The van der Waals surface area contributed by atoms with Crippen LogP contribution in [0.1, 0.15) is 64.7 Å². The normalized spacial score (nSPS) is 30.1. The van der Waals surface area contributed by atoms with E-state index in [9.17, 15) is 0 Å². The smallest absolute Gasteiger partial charge is 0.0262 e. The molecule has 0 fully saturated rings. The summed E-state index contributed by atoms with van der Waals surface area (Å²) in [4.78, 5) is 0. The highest BCUT2D eigenvalue weighted by Crippen LogP contribution is 2.15. The minimum absolute atomic E-state index is 0.819. The van der Waals surface area contributed by atoms with Gasteiger partial charge in [0.15, 0.2) is 0 Å². The molecular weight excluding hydrogens is 156 g/mol. The predicted molar refractivity (Wildman–Crippen MR) is 59.9 cm³/mol. The second-order valence-electron chi connectivity index (χ2n) is 4.46. The Bertz CT molecular complexity index is 135. The Morgan fingerprint density at radius 3 is 2.23 bits per heavy atom. The molecule has 0 radical (unpaired) electrons. The Morgan fingerprint density at radius 1 is 0.846 bits per heavy atom. The number of rotatable bonds is 0. The fourth-order valence-corrected chi connectivity index (χ4v) is 2.04. The van der Waals surface area contributed by atoms with E-state index in [0.29, 0.717) is 0 Å². The molecular formula is C13H24. The topological polar surface area (TPSA) is 0 Å². The van der Waals surface area contributed by atoms with E-state index < -0.39 is 0 Å². The molecule has 0 aromatic rings. The van der Waals surface area contributed by atoms with Crippen LogP contribution in [0.4, 0.5) is 0 Å². The number of hydrogen-bond acceptors (Lipinski definition) is 0. The third kappa shape index (κ3) is 5.90. The molecule has 76 valence electrons. The summed E-state index contributed by atoms with van der Waals surface area (Å²) in [6.07, 6.45) is 17.7. The highest BCUT2D eigenvalue weighted by atomic mass is 14.0. The maximum Gasteiger partial charge on any atom is -0.0262 e. The first kappa shape index (κ1) is 10.8. The number of allylic oxidation sites excluding steroid dienone is 2. The molecule has 1 unspecified atom stereocenters. The molecule has 0 amide bonds. The van der Waals surface area contributed by atoms with E-state index in [1.165, 1.54) is 57.8 Å². The standard InChI is InChI=1S/C13H24/c1-13-11-9-7-5-3-2-4-6-8-10-12-13/h9,11,13H,2-8,10,12H2,1H3/b11-9+. The van der Waals surface area contributed by atoms with Crippen molar-refractivity contribution in [3.05, 3.63) is 12.2 Å². The molecule has 0 aromatic carbocycles. The van der Waals surface area contributed by atoms with Gasteiger partial charge in [0.05, 0.1) is 0 Å². The van der Waals surface area contributed by atoms with Crippen molar-refractivity contribution in [3.8, 4) is 0 Å². The van der Waals surface area contributed by atoms with Crippen molar-refractivity contribution in [2.45, 2.75) is 64.7 Å². The molecule has 0 saturated carbocycles. The van der Waals surface area contributed by atoms with Gasteiger partial charge in [-0.3, -0.25) is 0 Å². The van der Waals surface area contributed by atoms with Crippen LogP contribution in [0.3, 0.4) is 0 Å². The van der Waals surface area contributed by atoms with Gasteiger partial charge in [0.25, 0.3) is 0 Å². The summed E-state index contributed by atoms with van der Waals surface area (Å²) >= 11 is 0. The predicted octanol–water partition coefficient (Wildman–Crippen LogP) is 4.70. The lowest BCUT2D eigenvalue weighted by Gasteiger charge is -2.07. The van der Waals surface area contributed by atoms with Crippen molar-refractivity contribution < 1.29 is 0 Å². The Morgan fingerprint density at radius 2 is 1.46 bits per heavy atom. The van der Waals surface area contributed by atoms with Gasteiger partial charge in [-0.1, -0.05) is 57.6 Å². The van der Waals surface area contributed by atoms with Crippen LogP contribution in [0, 0.1) is 5.92 Å². The van der Waals surface area contributed by atoms with Crippen molar-refractivity contribution in [2.75, 3.05) is 0 Å². The SMILES string of the molecule is CC1/C=C/CCCCCCCCC1. The molecule has 1 atom stereocenters. The van der Waals surface area contributed by atoms with E-state index >= 15 is 0 Å². The van der Waals surface area contributed by atoms with Gasteiger partial charge in [-0.2, -0.15) is 0 Å². The van der Waals surface area contributed by atoms with Gasteiger partial charge in [0.2, 0.25) is 0 Å². The van der Waals surface area contributed by atoms with E-state index in [1.807, 2.05) is 0 Å². The third-order valence-corrected chi connectivity index (χ3v) is 2.99. The van der Waals surface area contributed by atoms with Crippen molar-refractivity contribution in [3.63, 3.8) is 0 Å². The highest BCUT2D eigenvalue weighted by Gasteiger charge is 1.98. The van der Waals surface area contributed by atoms with E-state index in [4.69, 9.17) is 0 Å². The van der Waals surface area contributed by atoms with Gasteiger partial charge in [0.1, 0.15) is 0 Å². The zero-order valence-corrected chi connectivity index (χ0v) is 9.10. The summed E-state index contributed by atoms with van der Waals surface area (Å²) < 4.78 is 0. The monoisotopic (exact) mass is 180 g/mol. The first-order chi connectivity index (χ1) is 6.39. The fourth-order valence-electron chi connectivity index (χ4n) is 2.04. The van der Waals surface area contributed by atoms with Gasteiger partial charge in [0, 0.05) is 0 Å². The Kier molecular flexibility index (Phi) is 5.97. The largest absolute Gasteiger partial charge is 0.0883 e. The van der Waals surface area contributed by atoms with Crippen LogP contribution in [-0.2, 0) is 0 Å². The molecule has 0 N–H and O–H groups in total. The average Bonchev–Trinajstić information content (AvgIpc) is 2.11. The van der Waals surface area contributed by atoms with Crippen molar-refractivity contribution in [2.24, 2.45) is 5.92 Å². The summed E-state index contributed by atoms with van der Waals surface area (Å²) in [5.41, 5.74) is 0. The highest BCUT2D eigenvalue weighted by molar-refractivity contribution is 4.86. The van der Waals surface area contributed by atoms with Crippen molar-refractivity contribution >= 4 is 0 Å². The van der Waals surface area contributed by atoms with Crippen LogP contribution in [0.2, 0.25) is 0 Å². The fraction of sp³-hybridized carbons (Fsp3) is 0.846. The average molecular weight is 180 g/mol. The summed E-state index contributed by atoms with van der Waals surface area (Å²) in [6.45, 7) is 2.35. The molecule has 0 spiro atoms. The molecule has 0 saturated heterocycles. The lowest BCUT2D eigenvalue weighted by Crippen LogP contribution is -1.91. The molecule has 0 aliphatic heterocycles. The van der Waals surface area contributed by atoms with E-state index in [2.05, 4.69) is 19.1 Å². The molecule has 1 aliphatic rings. The molecule has 1 aliphatic carbocycles. The quantitative estimate of drug-likeness (QED) is 0.474. The summed E-state index contributed by atoms with van der Waals surface area (Å²) in [5.74, 6) is 0.819. The Balaban J connectivity index is 2.22. The molecule has 0 heteroatoms. The minimum Gasteiger partial charge on any atom is -0.0883 e. The zero-order chi connectivity index (χ0) is 9.36. The Hall–Kier alpha value is -0.260. The maximum atomic E-state index is 2.42. The molecule has 13 heavy (non-hydrogen) atoms. The molecule has 0 bridgehead atoms. The van der Waals surface area contributed by atoms with E-state index in [-0.39, 0.29) is 0 Å². The van der Waals surface area contributed by atoms with Crippen LogP contribution in [0.25, 0.3) is 0 Å². The Labute approximate surface area is 83.4 Å². The molecule has 1 rings (SSSR count). The lowest BCUT2D eigenvalue weighted by atomic mass is 9.99. The third-order valence-electron chi connectivity index (χ3n) is 2.99. The summed E-state index contributed by atoms with van der Waals surface area (Å²) in [7, 11) is 0. The second kappa shape index (κ2) is 7.17. The maximum absolute atomic E-state index is 2.42. The van der Waals surface area contributed by atoms with Crippen molar-refractivity contribution in [1.82, 2.24) is 0 Å². The van der Waals surface area contributed by atoms with Crippen molar-refractivity contribution in [1.29, 1.82) is 0 Å². The van der Waals surface area contributed by atoms with Crippen LogP contribution >= 0.6 is 0 Å². The summed E-state index contributed by atoms with van der Waals surface area (Å²) in [5, 5.41) is 0. The van der Waals surface area contributed by atoms with E-state index in [1.54, 1.807) is 0 Å². The van der Waals surface area contributed by atoms with Crippen LogP contribution in [-0.4, -0.2) is 0 Å². The van der Waals surface area contributed by atoms with Gasteiger partial charge in [-0.05, 0) is 25.2 Å². The molecule has 0 nitrogen and oxygen atoms in total. The van der Waals surface area contributed by atoms with Crippen LogP contribution < -0.4 is 0 Å². The summed E-state index contributed by atoms with van der Waals surface area (Å²) in [6, 6.07) is 0. The van der Waals surface area contributed by atoms with E-state index in [0.717, 1.165) is 5.92 Å². The van der Waals surface area contributed by atoms with Crippen LogP contribution in [0.5, 0.6) is 0 Å². The minimum atomic E-state index is 0.819. The lowest BCUT2D eigenvalue weighted by molar-refractivity contribution is 0.528. The van der Waals surface area contributed by atoms with Gasteiger partial charge >= 0.3 is 0 Å². The van der Waals surface area contributed by atoms with Gasteiger partial charge < -0.3 is 0 Å². The van der Waals surface area contributed by atoms with Gasteiger partial charge in [-0.25, -0.2) is 0 Å². The molecule has 0 aromatic heterocycles. The second-order valence-corrected chi connectivity index (χ2v) is 4.46. The molecule has 0 heterocycles. The van der Waals surface area contributed by atoms with Gasteiger partial charge in [-0.15, -0.1) is 0 Å². The first-order valence-corrected chi connectivity index (χ1v) is 6.06. The zero-order valence-electron chi connectivity index (χ0n) is 9.10. The van der Waals surface area contributed by atoms with Crippen LogP contribution in [0.15, 0.2) is 12.2 Å².